The normalized spacial score (nSPS) is 14.3. The van der Waals surface area contributed by atoms with Gasteiger partial charge in [0.1, 0.15) is 0 Å². The molecule has 1 aromatic heterocycles. The molecule has 2 atom stereocenters. The van der Waals surface area contributed by atoms with Gasteiger partial charge in [0.05, 0.1) is 10.7 Å². The smallest absolute Gasteiger partial charge is 0.0948 e. The molecule has 1 heterocycles. The monoisotopic (exact) mass is 274 g/mol. The van der Waals surface area contributed by atoms with E-state index in [2.05, 4.69) is 48.8 Å². The summed E-state index contributed by atoms with van der Waals surface area (Å²) in [5.41, 5.74) is 2.30. The van der Waals surface area contributed by atoms with Gasteiger partial charge in [0, 0.05) is 23.4 Å². The molecular weight excluding hydrogens is 252 g/mol. The van der Waals surface area contributed by atoms with Crippen molar-refractivity contribution in [3.8, 4) is 11.3 Å². The molecule has 0 spiro atoms. The van der Waals surface area contributed by atoms with Crippen LogP contribution in [0, 0.1) is 5.92 Å². The highest BCUT2D eigenvalue weighted by atomic mass is 32.1. The maximum absolute atomic E-state index is 4.76. The number of rotatable bonds is 6. The van der Waals surface area contributed by atoms with Crippen LogP contribution in [0.2, 0.25) is 0 Å². The summed E-state index contributed by atoms with van der Waals surface area (Å²) >= 11 is 1.76. The van der Waals surface area contributed by atoms with Crippen molar-refractivity contribution in [1.29, 1.82) is 0 Å². The van der Waals surface area contributed by atoms with Crippen molar-refractivity contribution in [1.82, 2.24) is 10.3 Å². The van der Waals surface area contributed by atoms with Gasteiger partial charge >= 0.3 is 0 Å². The second kappa shape index (κ2) is 6.83. The lowest BCUT2D eigenvalue weighted by molar-refractivity contribution is 0.386. The maximum Gasteiger partial charge on any atom is 0.0948 e. The van der Waals surface area contributed by atoms with E-state index in [4.69, 9.17) is 4.98 Å². The third kappa shape index (κ3) is 3.64. The number of benzene rings is 1. The van der Waals surface area contributed by atoms with E-state index in [1.54, 1.807) is 11.3 Å². The van der Waals surface area contributed by atoms with Gasteiger partial charge in [-0.25, -0.2) is 4.98 Å². The fourth-order valence-corrected chi connectivity index (χ4v) is 3.07. The summed E-state index contributed by atoms with van der Waals surface area (Å²) in [5.74, 6) is 0.675. The van der Waals surface area contributed by atoms with E-state index >= 15 is 0 Å². The highest BCUT2D eigenvalue weighted by molar-refractivity contribution is 7.09. The zero-order chi connectivity index (χ0) is 13.7. The van der Waals surface area contributed by atoms with Crippen LogP contribution in [0.15, 0.2) is 35.7 Å². The molecule has 2 nitrogen and oxygen atoms in total. The number of aromatic nitrogens is 1. The molecule has 0 amide bonds. The quantitative estimate of drug-likeness (QED) is 0.861. The molecule has 3 heteroatoms. The molecule has 19 heavy (non-hydrogen) atoms. The fraction of sp³-hybridized carbons (Fsp3) is 0.438. The van der Waals surface area contributed by atoms with Crippen molar-refractivity contribution >= 4 is 11.3 Å². The number of nitrogens with zero attached hydrogens (tertiary/aromatic N) is 1. The minimum Gasteiger partial charge on any atom is -0.316 e. The van der Waals surface area contributed by atoms with Gasteiger partial charge in [-0.3, -0.25) is 0 Å². The Morgan fingerprint density at radius 3 is 2.63 bits per heavy atom. The number of hydrogen-bond donors (Lipinski definition) is 1. The Balaban J connectivity index is 2.09. The van der Waals surface area contributed by atoms with Gasteiger partial charge in [0.15, 0.2) is 0 Å². The van der Waals surface area contributed by atoms with Crippen molar-refractivity contribution in [2.75, 3.05) is 7.05 Å². The molecule has 0 fully saturated rings. The Morgan fingerprint density at radius 1 is 1.26 bits per heavy atom. The fourth-order valence-electron chi connectivity index (χ4n) is 2.21. The predicted molar refractivity (Wildman–Crippen MR) is 83.6 cm³/mol. The van der Waals surface area contributed by atoms with Crippen LogP contribution in [0.3, 0.4) is 0 Å². The van der Waals surface area contributed by atoms with Crippen LogP contribution < -0.4 is 5.32 Å². The van der Waals surface area contributed by atoms with Crippen LogP contribution in [0.1, 0.15) is 25.3 Å². The van der Waals surface area contributed by atoms with Crippen LogP contribution >= 0.6 is 11.3 Å². The van der Waals surface area contributed by atoms with Crippen LogP contribution in [-0.4, -0.2) is 18.1 Å². The van der Waals surface area contributed by atoms with Gasteiger partial charge in [-0.2, -0.15) is 0 Å². The number of hydrogen-bond acceptors (Lipinski definition) is 3. The first kappa shape index (κ1) is 14.2. The second-order valence-corrected chi connectivity index (χ2v) is 5.92. The average Bonchev–Trinajstić information content (AvgIpc) is 2.93. The topological polar surface area (TPSA) is 24.9 Å². The Labute approximate surface area is 119 Å². The first-order chi connectivity index (χ1) is 9.24. The molecule has 0 aliphatic rings. The van der Waals surface area contributed by atoms with Crippen molar-refractivity contribution in [3.05, 3.63) is 40.7 Å². The average molecular weight is 274 g/mol. The number of likely N-dealkylation sites (N-methyl/N-ethyl adjacent to an activating group) is 1. The maximum atomic E-state index is 4.76. The van der Waals surface area contributed by atoms with E-state index in [0.717, 1.165) is 12.1 Å². The zero-order valence-corrected chi connectivity index (χ0v) is 12.7. The molecule has 0 bridgehead atoms. The molecule has 1 aromatic carbocycles. The summed E-state index contributed by atoms with van der Waals surface area (Å²) in [7, 11) is 2.04. The van der Waals surface area contributed by atoms with Crippen molar-refractivity contribution in [2.45, 2.75) is 32.7 Å². The van der Waals surface area contributed by atoms with E-state index in [-0.39, 0.29) is 0 Å². The third-order valence-corrected chi connectivity index (χ3v) is 4.59. The van der Waals surface area contributed by atoms with Crippen molar-refractivity contribution in [3.63, 3.8) is 0 Å². The first-order valence-corrected chi connectivity index (χ1v) is 7.79. The highest BCUT2D eigenvalue weighted by Gasteiger charge is 2.16. The second-order valence-electron chi connectivity index (χ2n) is 4.98. The lowest BCUT2D eigenvalue weighted by atomic mass is 9.97. The van der Waals surface area contributed by atoms with Crippen LogP contribution in [0.5, 0.6) is 0 Å². The third-order valence-electron chi connectivity index (χ3n) is 3.72. The van der Waals surface area contributed by atoms with E-state index in [0.29, 0.717) is 12.0 Å². The van der Waals surface area contributed by atoms with E-state index in [9.17, 15) is 0 Å². The molecule has 2 aromatic rings. The van der Waals surface area contributed by atoms with Crippen LogP contribution in [-0.2, 0) is 6.42 Å². The minimum absolute atomic E-state index is 0.514. The summed E-state index contributed by atoms with van der Waals surface area (Å²) in [5, 5.41) is 6.80. The molecule has 2 rings (SSSR count). The molecule has 1 N–H and O–H groups in total. The molecule has 0 saturated carbocycles. The number of thiazole rings is 1. The summed E-state index contributed by atoms with van der Waals surface area (Å²) in [6.45, 7) is 4.54. The summed E-state index contributed by atoms with van der Waals surface area (Å²) in [6.07, 6.45) is 2.21. The van der Waals surface area contributed by atoms with Gasteiger partial charge < -0.3 is 5.32 Å². The largest absolute Gasteiger partial charge is 0.316 e. The van der Waals surface area contributed by atoms with Gasteiger partial charge in [0.2, 0.25) is 0 Å². The van der Waals surface area contributed by atoms with E-state index in [1.165, 1.54) is 17.0 Å². The van der Waals surface area contributed by atoms with E-state index in [1.807, 2.05) is 13.1 Å². The summed E-state index contributed by atoms with van der Waals surface area (Å²) in [6, 6.07) is 10.9. The van der Waals surface area contributed by atoms with Crippen LogP contribution in [0.25, 0.3) is 11.3 Å². The first-order valence-electron chi connectivity index (χ1n) is 6.91. The van der Waals surface area contributed by atoms with Gasteiger partial charge in [-0.1, -0.05) is 50.6 Å². The Bertz CT molecular complexity index is 492. The number of nitrogens with one attached hydrogen (secondary N) is 1. The molecule has 0 aliphatic heterocycles. The molecular formula is C16H22N2S. The molecule has 102 valence electrons. The molecule has 2 unspecified atom stereocenters. The zero-order valence-electron chi connectivity index (χ0n) is 11.9. The van der Waals surface area contributed by atoms with Gasteiger partial charge in [-0.05, 0) is 13.0 Å². The lowest BCUT2D eigenvalue weighted by Gasteiger charge is -2.21. The van der Waals surface area contributed by atoms with Crippen molar-refractivity contribution < 1.29 is 0 Å². The Hall–Kier alpha value is -1.19. The summed E-state index contributed by atoms with van der Waals surface area (Å²) in [4.78, 5) is 4.76. The summed E-state index contributed by atoms with van der Waals surface area (Å²) < 4.78 is 0. The molecule has 0 radical (unpaired) electrons. The standard InChI is InChI=1S/C16H22N2S/c1-4-12(2)14(17-3)10-16-18-15(11-19-16)13-8-6-5-7-9-13/h5-9,11-12,14,17H,4,10H2,1-3H3. The van der Waals surface area contributed by atoms with Crippen molar-refractivity contribution in [2.24, 2.45) is 5.92 Å². The molecule has 0 saturated heterocycles. The van der Waals surface area contributed by atoms with E-state index < -0.39 is 0 Å². The Kier molecular flexibility index (Phi) is 5.11. The predicted octanol–water partition coefficient (Wildman–Crippen LogP) is 3.99. The lowest BCUT2D eigenvalue weighted by Crippen LogP contribution is -2.33. The minimum atomic E-state index is 0.514. The van der Waals surface area contributed by atoms with Gasteiger partial charge in [0.25, 0.3) is 0 Å². The molecule has 0 aliphatic carbocycles. The SMILES string of the molecule is CCC(C)C(Cc1nc(-c2ccccc2)cs1)NC. The van der Waals surface area contributed by atoms with Gasteiger partial charge in [-0.15, -0.1) is 11.3 Å². The van der Waals surface area contributed by atoms with Crippen LogP contribution in [0.4, 0.5) is 0 Å². The Morgan fingerprint density at radius 2 is 2.00 bits per heavy atom. The highest BCUT2D eigenvalue weighted by Crippen LogP contribution is 2.23.